The smallest absolute Gasteiger partial charge is 0.200 e. The van der Waals surface area contributed by atoms with Crippen LogP contribution in [0.4, 0.5) is 0 Å². The number of nitrogens with zero attached hydrogens (tertiary/aromatic N) is 6. The lowest BCUT2D eigenvalue weighted by Gasteiger charge is -2.10. The van der Waals surface area contributed by atoms with E-state index >= 15 is 0 Å². The molecule has 0 aliphatic heterocycles. The van der Waals surface area contributed by atoms with Crippen LogP contribution in [-0.4, -0.2) is 29.1 Å². The highest BCUT2D eigenvalue weighted by atomic mass is 15.3. The average molecular weight is 368 g/mol. The summed E-state index contributed by atoms with van der Waals surface area (Å²) in [4.78, 5) is 13.9. The number of aromatic nitrogens is 6. The van der Waals surface area contributed by atoms with Crippen LogP contribution in [0.2, 0.25) is 0 Å². The first-order valence-electron chi connectivity index (χ1n) is 9.26. The van der Waals surface area contributed by atoms with E-state index in [9.17, 15) is 0 Å². The van der Waals surface area contributed by atoms with E-state index in [0.717, 1.165) is 39.3 Å². The molecular formula is C22H20N6. The van der Waals surface area contributed by atoms with E-state index in [0.29, 0.717) is 5.82 Å². The summed E-state index contributed by atoms with van der Waals surface area (Å²) in [6.45, 7) is 8.50. The summed E-state index contributed by atoms with van der Waals surface area (Å²) in [5.74, 6) is 0.603. The third kappa shape index (κ3) is 2.34. The number of hydrogen-bond acceptors (Lipinski definition) is 4. The van der Waals surface area contributed by atoms with Crippen LogP contribution in [0.15, 0.2) is 48.9 Å². The summed E-state index contributed by atoms with van der Waals surface area (Å²) in [5.41, 5.74) is 8.41. The van der Waals surface area contributed by atoms with Crippen molar-refractivity contribution in [3.63, 3.8) is 0 Å². The van der Waals surface area contributed by atoms with Crippen molar-refractivity contribution in [3.05, 3.63) is 71.3 Å². The van der Waals surface area contributed by atoms with Crippen LogP contribution in [0.1, 0.15) is 22.4 Å². The Morgan fingerprint density at radius 2 is 1.71 bits per heavy atom. The molecule has 0 bridgehead atoms. The van der Waals surface area contributed by atoms with E-state index in [4.69, 9.17) is 9.97 Å². The van der Waals surface area contributed by atoms with Gasteiger partial charge in [0, 0.05) is 17.6 Å². The average Bonchev–Trinajstić information content (AvgIpc) is 3.24. The standard InChI is InChI=1S/C22H20N6/c1-13-8-9-17(11-14(13)2)28-16(4)15(3)19-21(28)24-12-27-22(19)25-20(26-27)18-7-5-6-10-23-18/h5-12H,1-4H3. The van der Waals surface area contributed by atoms with Gasteiger partial charge in [0.1, 0.15) is 12.0 Å². The van der Waals surface area contributed by atoms with Crippen molar-refractivity contribution in [2.75, 3.05) is 0 Å². The Morgan fingerprint density at radius 3 is 2.46 bits per heavy atom. The van der Waals surface area contributed by atoms with Crippen molar-refractivity contribution in [1.29, 1.82) is 0 Å². The van der Waals surface area contributed by atoms with Gasteiger partial charge in [-0.05, 0) is 68.7 Å². The van der Waals surface area contributed by atoms with E-state index in [-0.39, 0.29) is 0 Å². The molecule has 1 aromatic carbocycles. The Bertz CT molecular complexity index is 1340. The maximum atomic E-state index is 4.79. The summed E-state index contributed by atoms with van der Waals surface area (Å²) in [6, 6.07) is 12.2. The Balaban J connectivity index is 1.80. The molecule has 4 aromatic heterocycles. The number of pyridine rings is 1. The van der Waals surface area contributed by atoms with Gasteiger partial charge in [-0.2, -0.15) is 0 Å². The quantitative estimate of drug-likeness (QED) is 0.464. The van der Waals surface area contributed by atoms with Crippen molar-refractivity contribution >= 4 is 16.7 Å². The fraction of sp³-hybridized carbons (Fsp3) is 0.182. The van der Waals surface area contributed by atoms with Gasteiger partial charge in [0.25, 0.3) is 0 Å². The van der Waals surface area contributed by atoms with Crippen LogP contribution < -0.4 is 0 Å². The third-order valence-corrected chi connectivity index (χ3v) is 5.48. The maximum absolute atomic E-state index is 4.79. The van der Waals surface area contributed by atoms with Crippen molar-refractivity contribution in [2.24, 2.45) is 0 Å². The highest BCUT2D eigenvalue weighted by Crippen LogP contribution is 2.31. The lowest BCUT2D eigenvalue weighted by Crippen LogP contribution is -2.00. The molecule has 6 heteroatoms. The van der Waals surface area contributed by atoms with Crippen LogP contribution in [-0.2, 0) is 0 Å². The molecule has 0 saturated carbocycles. The molecule has 0 amide bonds. The molecule has 4 heterocycles. The zero-order valence-electron chi connectivity index (χ0n) is 16.3. The van der Waals surface area contributed by atoms with E-state index in [1.165, 1.54) is 11.1 Å². The Morgan fingerprint density at radius 1 is 0.857 bits per heavy atom. The van der Waals surface area contributed by atoms with Gasteiger partial charge in [-0.25, -0.2) is 14.5 Å². The minimum Gasteiger partial charge on any atom is -0.298 e. The first-order chi connectivity index (χ1) is 13.5. The third-order valence-electron chi connectivity index (χ3n) is 5.48. The van der Waals surface area contributed by atoms with Crippen LogP contribution in [0, 0.1) is 27.7 Å². The maximum Gasteiger partial charge on any atom is 0.200 e. The van der Waals surface area contributed by atoms with Gasteiger partial charge in [0.05, 0.1) is 5.39 Å². The minimum absolute atomic E-state index is 0.603. The molecular weight excluding hydrogens is 348 g/mol. The second-order valence-electron chi connectivity index (χ2n) is 7.18. The van der Waals surface area contributed by atoms with Crippen molar-refractivity contribution in [3.8, 4) is 17.2 Å². The van der Waals surface area contributed by atoms with Gasteiger partial charge in [-0.15, -0.1) is 5.10 Å². The fourth-order valence-electron chi connectivity index (χ4n) is 3.64. The molecule has 0 aliphatic rings. The molecule has 0 fully saturated rings. The van der Waals surface area contributed by atoms with E-state index in [1.54, 1.807) is 17.0 Å². The number of rotatable bonds is 2. The summed E-state index contributed by atoms with van der Waals surface area (Å²) < 4.78 is 3.94. The van der Waals surface area contributed by atoms with Gasteiger partial charge in [0.2, 0.25) is 5.82 Å². The van der Waals surface area contributed by atoms with Crippen LogP contribution >= 0.6 is 0 Å². The summed E-state index contributed by atoms with van der Waals surface area (Å²) >= 11 is 0. The number of fused-ring (bicyclic) bond motifs is 3. The number of hydrogen-bond donors (Lipinski definition) is 0. The van der Waals surface area contributed by atoms with Crippen molar-refractivity contribution < 1.29 is 0 Å². The van der Waals surface area contributed by atoms with Gasteiger partial charge in [0.15, 0.2) is 11.3 Å². The van der Waals surface area contributed by atoms with Gasteiger partial charge in [-0.1, -0.05) is 12.1 Å². The van der Waals surface area contributed by atoms with Gasteiger partial charge >= 0.3 is 0 Å². The zero-order valence-corrected chi connectivity index (χ0v) is 16.3. The molecule has 0 radical (unpaired) electrons. The minimum atomic E-state index is 0.603. The van der Waals surface area contributed by atoms with Crippen LogP contribution in [0.3, 0.4) is 0 Å². The first-order valence-corrected chi connectivity index (χ1v) is 9.26. The van der Waals surface area contributed by atoms with E-state index < -0.39 is 0 Å². The highest BCUT2D eigenvalue weighted by Gasteiger charge is 2.19. The molecule has 0 unspecified atom stereocenters. The molecule has 28 heavy (non-hydrogen) atoms. The lowest BCUT2D eigenvalue weighted by molar-refractivity contribution is 0.924. The first kappa shape index (κ1) is 16.6. The van der Waals surface area contributed by atoms with Crippen LogP contribution in [0.5, 0.6) is 0 Å². The second-order valence-corrected chi connectivity index (χ2v) is 7.18. The summed E-state index contributed by atoms with van der Waals surface area (Å²) in [6.07, 6.45) is 3.48. The van der Waals surface area contributed by atoms with E-state index in [2.05, 4.69) is 60.5 Å². The molecule has 0 atom stereocenters. The van der Waals surface area contributed by atoms with Crippen LogP contribution in [0.25, 0.3) is 33.9 Å². The molecule has 0 N–H and O–H groups in total. The Kier molecular flexibility index (Phi) is 3.55. The molecule has 5 aromatic rings. The van der Waals surface area contributed by atoms with Gasteiger partial charge in [-0.3, -0.25) is 9.55 Å². The van der Waals surface area contributed by atoms with Gasteiger partial charge < -0.3 is 0 Å². The monoisotopic (exact) mass is 368 g/mol. The van der Waals surface area contributed by atoms with Crippen molar-refractivity contribution in [2.45, 2.75) is 27.7 Å². The topological polar surface area (TPSA) is 60.9 Å². The van der Waals surface area contributed by atoms with E-state index in [1.807, 2.05) is 18.2 Å². The molecule has 0 saturated heterocycles. The predicted molar refractivity (Wildman–Crippen MR) is 110 cm³/mol. The lowest BCUT2D eigenvalue weighted by atomic mass is 10.1. The van der Waals surface area contributed by atoms with Crippen molar-refractivity contribution in [1.82, 2.24) is 29.1 Å². The Labute approximate surface area is 162 Å². The second kappa shape index (κ2) is 5.99. The molecule has 0 aliphatic carbocycles. The molecule has 5 rings (SSSR count). The molecule has 138 valence electrons. The highest BCUT2D eigenvalue weighted by molar-refractivity contribution is 5.95. The Hall–Kier alpha value is -3.54. The SMILES string of the molecule is Cc1ccc(-n2c(C)c(C)c3c2ncn2nc(-c4ccccn4)nc32)cc1C. The number of aryl methyl sites for hydroxylation is 3. The number of benzene rings is 1. The summed E-state index contributed by atoms with van der Waals surface area (Å²) in [5, 5.41) is 5.60. The zero-order chi connectivity index (χ0) is 19.4. The summed E-state index contributed by atoms with van der Waals surface area (Å²) in [7, 11) is 0. The molecule has 6 nitrogen and oxygen atoms in total. The normalized spacial score (nSPS) is 11.6. The molecule has 0 spiro atoms. The fourth-order valence-corrected chi connectivity index (χ4v) is 3.64. The largest absolute Gasteiger partial charge is 0.298 e. The predicted octanol–water partition coefficient (Wildman–Crippen LogP) is 4.36.